The quantitative estimate of drug-likeness (QED) is 0.423. The second-order valence-electron chi connectivity index (χ2n) is 2.71. The molecule has 0 saturated heterocycles. The average molecular weight is 292 g/mol. The maximum absolute atomic E-state index is 5.31. The van der Waals surface area contributed by atoms with Crippen molar-refractivity contribution in [3.63, 3.8) is 0 Å². The third kappa shape index (κ3) is 6.18. The molecule has 0 rings (SSSR count). The van der Waals surface area contributed by atoms with Crippen molar-refractivity contribution in [1.82, 2.24) is 0 Å². The van der Waals surface area contributed by atoms with Crippen LogP contribution in [-0.4, -0.2) is 13.1 Å². The molecule has 2 atom stereocenters. The van der Waals surface area contributed by atoms with Crippen LogP contribution in [0.2, 0.25) is 0 Å². The van der Waals surface area contributed by atoms with Crippen molar-refractivity contribution in [1.29, 1.82) is 0 Å². The molecular weight excluding hydrogens is 278 g/mol. The van der Waals surface area contributed by atoms with Gasteiger partial charge in [-0.2, -0.15) is 0 Å². The molecule has 0 amide bonds. The average Bonchev–Trinajstić information content (AvgIpc) is 2.11. The minimum Gasteiger partial charge on any atom is -0.134 e. The van der Waals surface area contributed by atoms with Gasteiger partial charge in [-0.25, -0.2) is 0 Å². The van der Waals surface area contributed by atoms with Gasteiger partial charge in [0, 0.05) is 5.25 Å². The van der Waals surface area contributed by atoms with E-state index in [4.69, 9.17) is 7.85 Å². The summed E-state index contributed by atoms with van der Waals surface area (Å²) in [6.45, 7) is 4.41. The number of allylic oxidation sites excluding steroid dienone is 1. The highest BCUT2D eigenvalue weighted by atomic mass is 127. The van der Waals surface area contributed by atoms with E-state index < -0.39 is 0 Å². The first kappa shape index (κ1) is 12.6. The summed E-state index contributed by atoms with van der Waals surface area (Å²) in [5, 5.41) is 0.421. The second kappa shape index (κ2) is 8.23. The third-order valence-corrected chi connectivity index (χ3v) is 3.96. The molecule has 0 spiro atoms. The minimum absolute atomic E-state index is 0.421. The zero-order valence-electron chi connectivity index (χ0n) is 7.53. The van der Waals surface area contributed by atoms with Gasteiger partial charge < -0.3 is 0 Å². The molecule has 2 unspecified atom stereocenters. The fourth-order valence-electron chi connectivity index (χ4n) is 0.668. The van der Waals surface area contributed by atoms with Crippen LogP contribution in [0.25, 0.3) is 0 Å². The molecule has 0 aromatic rings. The van der Waals surface area contributed by atoms with Gasteiger partial charge in [0.25, 0.3) is 0 Å². The molecular formula is C9H14BIS. The summed E-state index contributed by atoms with van der Waals surface area (Å²) in [5.74, 6) is 2.28. The summed E-state index contributed by atoms with van der Waals surface area (Å²) < 4.78 is 0. The highest BCUT2D eigenvalue weighted by molar-refractivity contribution is 14.2. The van der Waals surface area contributed by atoms with E-state index in [9.17, 15) is 0 Å². The number of hydrogen-bond donors (Lipinski definition) is 0. The van der Waals surface area contributed by atoms with Crippen LogP contribution in [0.4, 0.5) is 0 Å². The molecule has 0 N–H and O–H groups in total. The minimum atomic E-state index is 0.421. The van der Waals surface area contributed by atoms with Crippen molar-refractivity contribution in [3.8, 4) is 0 Å². The van der Waals surface area contributed by atoms with Crippen molar-refractivity contribution in [2.24, 2.45) is 5.92 Å². The fourth-order valence-corrected chi connectivity index (χ4v) is 1.99. The van der Waals surface area contributed by atoms with Gasteiger partial charge in [-0.15, -0.1) is 5.98 Å². The van der Waals surface area contributed by atoms with Gasteiger partial charge >= 0.3 is 0 Å². The molecule has 0 fully saturated rings. The Morgan fingerprint density at radius 1 is 1.42 bits per heavy atom. The molecule has 0 aromatic heterocycles. The summed E-state index contributed by atoms with van der Waals surface area (Å²) >= 11 is 2.29. The summed E-state index contributed by atoms with van der Waals surface area (Å²) in [6, 6.07) is 0. The lowest BCUT2D eigenvalue weighted by molar-refractivity contribution is 0.696. The van der Waals surface area contributed by atoms with Crippen molar-refractivity contribution in [2.45, 2.75) is 25.5 Å². The molecule has 0 aliphatic rings. The lowest BCUT2D eigenvalue weighted by Crippen LogP contribution is -1.92. The molecule has 0 aliphatic carbocycles. The molecule has 0 nitrogen and oxygen atoms in total. The predicted octanol–water partition coefficient (Wildman–Crippen LogP) is 3.72. The third-order valence-electron chi connectivity index (χ3n) is 1.68. The highest BCUT2D eigenvalue weighted by Crippen LogP contribution is 2.22. The topological polar surface area (TPSA) is 0 Å². The Kier molecular flexibility index (Phi) is 8.66. The van der Waals surface area contributed by atoms with Crippen molar-refractivity contribution in [3.05, 3.63) is 24.2 Å². The Balaban J connectivity index is 3.91. The van der Waals surface area contributed by atoms with Crippen LogP contribution in [-0.2, 0) is 0 Å². The Bertz CT molecular complexity index is 157. The van der Waals surface area contributed by atoms with E-state index in [1.54, 1.807) is 14.9 Å². The van der Waals surface area contributed by atoms with Crippen LogP contribution >= 0.6 is 30.1 Å². The first-order valence-corrected chi connectivity index (χ1v) is 7.51. The van der Waals surface area contributed by atoms with E-state index in [1.165, 1.54) is 6.42 Å². The van der Waals surface area contributed by atoms with Gasteiger partial charge in [0.1, 0.15) is 7.85 Å². The molecule has 66 valence electrons. The van der Waals surface area contributed by atoms with Crippen molar-refractivity contribution >= 4 is 38.0 Å². The summed E-state index contributed by atoms with van der Waals surface area (Å²) in [7, 11) is 7.08. The first-order chi connectivity index (χ1) is 5.74. The van der Waals surface area contributed by atoms with Crippen molar-refractivity contribution in [2.75, 3.05) is 0 Å². The van der Waals surface area contributed by atoms with Crippen molar-refractivity contribution < 1.29 is 0 Å². The Hall–Kier alpha value is 0.625. The Labute approximate surface area is 93.3 Å². The monoisotopic (exact) mass is 292 g/mol. The second-order valence-corrected chi connectivity index (χ2v) is 4.96. The summed E-state index contributed by atoms with van der Waals surface area (Å²) in [5.41, 5.74) is 0. The van der Waals surface area contributed by atoms with Crippen LogP contribution < -0.4 is 0 Å². The van der Waals surface area contributed by atoms with E-state index in [1.807, 2.05) is 6.08 Å². The van der Waals surface area contributed by atoms with E-state index in [0.717, 1.165) is 0 Å². The van der Waals surface area contributed by atoms with Gasteiger partial charge in [-0.05, 0) is 27.1 Å². The van der Waals surface area contributed by atoms with Gasteiger partial charge in [0.05, 0.1) is 0 Å². The van der Waals surface area contributed by atoms with Crippen LogP contribution in [0, 0.1) is 5.92 Å². The van der Waals surface area contributed by atoms with E-state index >= 15 is 0 Å². The zero-order chi connectivity index (χ0) is 9.40. The predicted molar refractivity (Wildman–Crippen MR) is 68.9 cm³/mol. The summed E-state index contributed by atoms with van der Waals surface area (Å²) in [4.78, 5) is 0. The van der Waals surface area contributed by atoms with E-state index in [-0.39, 0.29) is 0 Å². The molecule has 0 aliphatic heterocycles. The molecule has 12 heavy (non-hydrogen) atoms. The largest absolute Gasteiger partial charge is 0.134 e. The summed E-state index contributed by atoms with van der Waals surface area (Å²) in [6.07, 6.45) is 7.64. The maximum Gasteiger partial charge on any atom is 0.102 e. The van der Waals surface area contributed by atoms with E-state index in [0.29, 0.717) is 11.2 Å². The Morgan fingerprint density at radius 2 is 2.08 bits per heavy atom. The van der Waals surface area contributed by atoms with Crippen LogP contribution in [0.15, 0.2) is 24.2 Å². The van der Waals surface area contributed by atoms with Crippen LogP contribution in [0.1, 0.15) is 20.3 Å². The lowest BCUT2D eigenvalue weighted by atomic mass is 10.1. The Morgan fingerprint density at radius 3 is 2.50 bits per heavy atom. The van der Waals surface area contributed by atoms with Crippen LogP contribution in [0.5, 0.6) is 0 Å². The smallest absolute Gasteiger partial charge is 0.102 e. The highest BCUT2D eigenvalue weighted by Gasteiger charge is 1.97. The zero-order valence-corrected chi connectivity index (χ0v) is 10.5. The number of rotatable bonds is 5. The van der Waals surface area contributed by atoms with E-state index in [2.05, 4.69) is 47.2 Å². The first-order valence-electron chi connectivity index (χ1n) is 4.08. The standard InChI is InChI=1S/C9H14BIS/c1-3-8(2)4-5-9(12-11)6-7-10/h4-9H,3H2,1-2H3/b5-4-,7-6-. The lowest BCUT2D eigenvalue weighted by Gasteiger charge is -2.03. The van der Waals surface area contributed by atoms with Gasteiger partial charge in [0.2, 0.25) is 0 Å². The molecule has 0 aromatic carbocycles. The molecule has 2 radical (unpaired) electrons. The van der Waals surface area contributed by atoms with Gasteiger partial charge in [-0.3, -0.25) is 0 Å². The number of halogens is 1. The van der Waals surface area contributed by atoms with Gasteiger partial charge in [0.15, 0.2) is 0 Å². The normalized spacial score (nSPS) is 17.2. The molecule has 0 bridgehead atoms. The molecule has 0 saturated carbocycles. The van der Waals surface area contributed by atoms with Crippen LogP contribution in [0.3, 0.4) is 0 Å². The van der Waals surface area contributed by atoms with Gasteiger partial charge in [-0.1, -0.05) is 47.4 Å². The fraction of sp³-hybridized carbons (Fsp3) is 0.556. The molecule has 3 heteroatoms. The number of hydrogen-bond acceptors (Lipinski definition) is 1. The molecule has 0 heterocycles. The SMILES string of the molecule is [B]/C=C\C(/C=C\C(C)CC)SI. The maximum atomic E-state index is 5.31.